The lowest BCUT2D eigenvalue weighted by Crippen LogP contribution is -2.71. The lowest BCUT2D eigenvalue weighted by atomic mass is 9.73. The number of aliphatic carboxylic acids is 2. The number of rotatable bonds is 9. The molecule has 252 valence electrons. The number of carboxylic acid groups (broad SMARTS) is 2. The summed E-state index contributed by atoms with van der Waals surface area (Å²) in [5, 5.41) is 57.2. The maximum absolute atomic E-state index is 12.6. The zero-order valence-electron chi connectivity index (χ0n) is 26.8. The van der Waals surface area contributed by atoms with E-state index in [1.54, 1.807) is 11.3 Å². The minimum atomic E-state index is -3.95. The first-order chi connectivity index (χ1) is 22.6. The Labute approximate surface area is 282 Å². The summed E-state index contributed by atoms with van der Waals surface area (Å²) in [5.41, 5.74) is -7.16. The molecule has 11 heteroatoms. The van der Waals surface area contributed by atoms with E-state index in [0.717, 1.165) is 54.0 Å². The average molecular weight is 674 g/mol. The van der Waals surface area contributed by atoms with Gasteiger partial charge < -0.3 is 30.8 Å². The first kappa shape index (κ1) is 36.3. The van der Waals surface area contributed by atoms with Crippen LogP contribution in [0, 0.1) is 0 Å². The Morgan fingerprint density at radius 2 is 1.21 bits per heavy atom. The molecule has 2 unspecified atom stereocenters. The minimum absolute atomic E-state index is 0.0531. The summed E-state index contributed by atoms with van der Waals surface area (Å²) in [6.45, 7) is 6.57. The van der Waals surface area contributed by atoms with E-state index in [1.165, 1.54) is 42.0 Å². The largest absolute Gasteiger partial charge is 0.479 e. The van der Waals surface area contributed by atoms with Gasteiger partial charge in [0.25, 0.3) is 11.2 Å². The predicted molar refractivity (Wildman–Crippen MR) is 180 cm³/mol. The fraction of sp³-hybridized carbons (Fsp3) is 0.297. The number of carbonyl (C=O) groups is 4. The molecule has 0 radical (unpaired) electrons. The van der Waals surface area contributed by atoms with Crippen LogP contribution in [0.5, 0.6) is 0 Å². The number of hydrogen-bond acceptors (Lipinski definition) is 9. The van der Waals surface area contributed by atoms with Gasteiger partial charge in [0.15, 0.2) is 0 Å². The van der Waals surface area contributed by atoms with Crippen molar-refractivity contribution in [2.24, 2.45) is 0 Å². The van der Waals surface area contributed by atoms with E-state index in [9.17, 15) is 44.7 Å². The third-order valence-corrected chi connectivity index (χ3v) is 9.23. The van der Waals surface area contributed by atoms with Crippen LogP contribution in [0.4, 0.5) is 0 Å². The van der Waals surface area contributed by atoms with Crippen molar-refractivity contribution >= 4 is 34.8 Å². The summed E-state index contributed by atoms with van der Waals surface area (Å²) in [5.74, 6) is -8.03. The highest BCUT2D eigenvalue weighted by molar-refractivity contribution is 7.10. The van der Waals surface area contributed by atoms with Crippen LogP contribution < -0.4 is 5.32 Å². The summed E-state index contributed by atoms with van der Waals surface area (Å²) in [6, 6.07) is 25.6. The second kappa shape index (κ2) is 14.3. The molecule has 10 nitrogen and oxygen atoms in total. The maximum atomic E-state index is 12.6. The van der Waals surface area contributed by atoms with E-state index >= 15 is 0 Å². The van der Waals surface area contributed by atoms with Crippen molar-refractivity contribution < 1.29 is 44.7 Å². The lowest BCUT2D eigenvalue weighted by Gasteiger charge is -2.34. The first-order valence-electron chi connectivity index (χ1n) is 15.3. The fourth-order valence-corrected chi connectivity index (χ4v) is 6.80. The topological polar surface area (TPSA) is 181 Å². The second-order valence-electron chi connectivity index (χ2n) is 12.8. The van der Waals surface area contributed by atoms with Gasteiger partial charge in [0.05, 0.1) is 0 Å². The Balaban J connectivity index is 0.000000219. The third-order valence-electron chi connectivity index (χ3n) is 8.20. The van der Waals surface area contributed by atoms with Gasteiger partial charge in [0, 0.05) is 34.0 Å². The Morgan fingerprint density at radius 3 is 1.65 bits per heavy atom. The molecule has 4 aromatic rings. The molecule has 4 atom stereocenters. The smallest absolute Gasteiger partial charge is 0.348 e. The van der Waals surface area contributed by atoms with Gasteiger partial charge in [0.2, 0.25) is 11.6 Å². The molecule has 0 aliphatic heterocycles. The molecule has 6 N–H and O–H groups in total. The number of Topliss-reactive ketones (excluding diaryl/α,β-unsaturated/α-hetero) is 2. The molecule has 1 heterocycles. The molecule has 0 saturated carbocycles. The molecule has 0 bridgehead atoms. The normalized spacial score (nSPS) is 20.0. The molecule has 0 spiro atoms. The van der Waals surface area contributed by atoms with E-state index < -0.39 is 51.4 Å². The van der Waals surface area contributed by atoms with Crippen LogP contribution in [0.15, 0.2) is 102 Å². The number of ketones is 2. The van der Waals surface area contributed by atoms with Gasteiger partial charge in [-0.15, -0.1) is 11.3 Å². The zero-order valence-corrected chi connectivity index (χ0v) is 27.6. The van der Waals surface area contributed by atoms with E-state index in [4.69, 9.17) is 0 Å². The molecule has 1 aromatic heterocycles. The van der Waals surface area contributed by atoms with Crippen LogP contribution in [-0.4, -0.2) is 71.8 Å². The molecule has 0 fully saturated rings. The van der Waals surface area contributed by atoms with Crippen molar-refractivity contribution in [2.45, 2.75) is 68.4 Å². The zero-order chi connectivity index (χ0) is 35.3. The first-order valence-corrected chi connectivity index (χ1v) is 16.2. The van der Waals surface area contributed by atoms with E-state index in [2.05, 4.69) is 50.4 Å². The fourth-order valence-electron chi connectivity index (χ4n) is 5.95. The van der Waals surface area contributed by atoms with Gasteiger partial charge in [-0.05, 0) is 56.2 Å². The Kier molecular flexibility index (Phi) is 10.8. The highest BCUT2D eigenvalue weighted by Gasteiger charge is 2.69. The molecule has 3 aromatic carbocycles. The number of carbonyl (C=O) groups excluding carboxylic acids is 2. The summed E-state index contributed by atoms with van der Waals surface area (Å²) in [4.78, 5) is 49.6. The van der Waals surface area contributed by atoms with Crippen LogP contribution in [0.2, 0.25) is 0 Å². The molecule has 1 aliphatic carbocycles. The molecular formula is C37H39NO9S. The number of hydrogen-bond donors (Lipinski definition) is 6. The van der Waals surface area contributed by atoms with Crippen molar-refractivity contribution in [1.82, 2.24) is 5.32 Å². The summed E-state index contributed by atoms with van der Waals surface area (Å²) >= 11 is 1.64. The van der Waals surface area contributed by atoms with E-state index in [0.29, 0.717) is 6.04 Å². The number of fused-ring (bicyclic) bond motifs is 1. The highest BCUT2D eigenvalue weighted by atomic mass is 32.1. The average Bonchev–Trinajstić information content (AvgIpc) is 3.58. The number of aryl methyl sites for hydroxylation is 1. The van der Waals surface area contributed by atoms with Crippen LogP contribution >= 0.6 is 11.3 Å². The van der Waals surface area contributed by atoms with Crippen LogP contribution in [-0.2, 0) is 21.6 Å². The minimum Gasteiger partial charge on any atom is -0.479 e. The van der Waals surface area contributed by atoms with Crippen molar-refractivity contribution in [3.8, 4) is 0 Å². The Bertz CT molecular complexity index is 1680. The standard InChI is InChI=1S/C19H25NOS.C18H14O8/c1-18(2,3)20-15-11-10-14-7-4-5-8-16(14)19(21,13-15)17-9-6-12-22-17;19-13(11-7-3-1-4-8-11)17(25,15(21)22)18(26,16(23)24)14(20)12-9-5-2-6-10-12/h4-9,12,15,20-21H,10-11,13H2,1-3H3;1-10,25-26H,(H,21,22)(H,23,24)/t15-,19-;/m1./s1. The SMILES string of the molecule is CC(C)(C)N[C@@H]1CCc2ccccc2[C@@](O)(c2cccs2)C1.O=C(O)C(O)(C(=O)c1ccccc1)C(O)(C(=O)O)C(=O)c1ccccc1. The monoisotopic (exact) mass is 673 g/mol. The van der Waals surface area contributed by atoms with E-state index in [1.807, 2.05) is 17.5 Å². The second-order valence-corrected chi connectivity index (χ2v) is 13.7. The lowest BCUT2D eigenvalue weighted by molar-refractivity contribution is -0.187. The summed E-state index contributed by atoms with van der Waals surface area (Å²) in [6.07, 6.45) is 2.79. The van der Waals surface area contributed by atoms with Crippen molar-refractivity contribution in [3.63, 3.8) is 0 Å². The molecular weight excluding hydrogens is 634 g/mol. The van der Waals surface area contributed by atoms with Crippen molar-refractivity contribution in [1.29, 1.82) is 0 Å². The molecule has 48 heavy (non-hydrogen) atoms. The van der Waals surface area contributed by atoms with Crippen LogP contribution in [0.1, 0.15) is 70.3 Å². The summed E-state index contributed by atoms with van der Waals surface area (Å²) in [7, 11) is 0. The third kappa shape index (κ3) is 7.15. The predicted octanol–water partition coefficient (Wildman–Crippen LogP) is 4.46. The van der Waals surface area contributed by atoms with Gasteiger partial charge in [0.1, 0.15) is 5.60 Å². The maximum Gasteiger partial charge on any atom is 0.348 e. The number of thiophene rings is 1. The highest BCUT2D eigenvalue weighted by Crippen LogP contribution is 2.41. The van der Waals surface area contributed by atoms with Gasteiger partial charge in [-0.1, -0.05) is 91.0 Å². The van der Waals surface area contributed by atoms with Gasteiger partial charge in [-0.25, -0.2) is 9.59 Å². The van der Waals surface area contributed by atoms with Crippen LogP contribution in [0.3, 0.4) is 0 Å². The van der Waals surface area contributed by atoms with Gasteiger partial charge in [-0.3, -0.25) is 9.59 Å². The number of benzene rings is 3. The van der Waals surface area contributed by atoms with Crippen molar-refractivity contribution in [3.05, 3.63) is 130 Å². The molecule has 1 aliphatic rings. The molecule has 0 amide bonds. The van der Waals surface area contributed by atoms with Crippen molar-refractivity contribution in [2.75, 3.05) is 0 Å². The summed E-state index contributed by atoms with van der Waals surface area (Å²) < 4.78 is 0. The van der Waals surface area contributed by atoms with Crippen LogP contribution in [0.25, 0.3) is 0 Å². The number of carboxylic acids is 2. The molecule has 0 saturated heterocycles. The van der Waals surface area contributed by atoms with E-state index in [-0.39, 0.29) is 5.54 Å². The van der Waals surface area contributed by atoms with Gasteiger partial charge in [-0.2, -0.15) is 0 Å². The number of nitrogens with one attached hydrogen (secondary N) is 1. The molecule has 5 rings (SSSR count). The Hall–Kier alpha value is -4.52. The van der Waals surface area contributed by atoms with Gasteiger partial charge >= 0.3 is 11.9 Å². The quantitative estimate of drug-likeness (QED) is 0.0843. The Morgan fingerprint density at radius 1 is 0.729 bits per heavy atom. The number of aliphatic hydroxyl groups is 3.